The molecule has 44 heavy (non-hydrogen) atoms. The van der Waals surface area contributed by atoms with Gasteiger partial charge in [-0.3, -0.25) is 19.0 Å². The zero-order valence-corrected chi connectivity index (χ0v) is 27.0. The summed E-state index contributed by atoms with van der Waals surface area (Å²) in [7, 11) is -7.70. The van der Waals surface area contributed by atoms with E-state index >= 15 is 0 Å². The van der Waals surface area contributed by atoms with Crippen molar-refractivity contribution in [3.05, 3.63) is 58.5 Å². The van der Waals surface area contributed by atoms with Gasteiger partial charge in [0.25, 0.3) is 20.0 Å². The molecule has 4 aromatic rings. The predicted molar refractivity (Wildman–Crippen MR) is 169 cm³/mol. The van der Waals surface area contributed by atoms with Gasteiger partial charge in [-0.15, -0.1) is 20.4 Å². The summed E-state index contributed by atoms with van der Waals surface area (Å²) < 4.78 is 55.1. The first-order chi connectivity index (χ1) is 21.0. The number of rotatable bonds is 15. The molecule has 0 radical (unpaired) electrons. The predicted octanol–water partition coefficient (Wildman–Crippen LogP) is 4.25. The fraction of sp³-hybridized carbons (Fsp3) is 0.308. The Morgan fingerprint density at radius 3 is 1.30 bits per heavy atom. The maximum absolute atomic E-state index is 12.6. The lowest BCUT2D eigenvalue weighted by molar-refractivity contribution is -0.118. The van der Waals surface area contributed by atoms with Crippen LogP contribution in [0.1, 0.15) is 49.5 Å². The third kappa shape index (κ3) is 9.25. The largest absolute Gasteiger partial charge is 0.326 e. The third-order valence-corrected chi connectivity index (χ3v) is 10.9. The van der Waals surface area contributed by atoms with E-state index < -0.39 is 20.0 Å². The van der Waals surface area contributed by atoms with Gasteiger partial charge in [0, 0.05) is 24.2 Å². The van der Waals surface area contributed by atoms with Crippen LogP contribution in [0.25, 0.3) is 0 Å². The number of nitrogens with zero attached hydrogens (tertiary/aromatic N) is 4. The van der Waals surface area contributed by atoms with Gasteiger partial charge in [-0.1, -0.05) is 36.5 Å². The number of hydrogen-bond donors (Lipinski definition) is 4. The molecule has 0 saturated carbocycles. The maximum atomic E-state index is 12.6. The summed E-state index contributed by atoms with van der Waals surface area (Å²) in [6.07, 6.45) is 2.53. The highest BCUT2D eigenvalue weighted by atomic mass is 32.2. The second-order valence-electron chi connectivity index (χ2n) is 9.27. The van der Waals surface area contributed by atoms with Crippen molar-refractivity contribution in [1.82, 2.24) is 20.4 Å². The number of benzene rings is 2. The van der Waals surface area contributed by atoms with Gasteiger partial charge in [0.2, 0.25) is 22.1 Å². The molecule has 14 nitrogen and oxygen atoms in total. The van der Waals surface area contributed by atoms with E-state index in [9.17, 15) is 26.4 Å². The smallest absolute Gasteiger partial charge is 0.263 e. The molecule has 2 amide bonds. The van der Waals surface area contributed by atoms with Gasteiger partial charge >= 0.3 is 0 Å². The van der Waals surface area contributed by atoms with Crippen LogP contribution in [0.2, 0.25) is 0 Å². The van der Waals surface area contributed by atoms with Gasteiger partial charge in [0.15, 0.2) is 0 Å². The number of aryl methyl sites for hydroxylation is 2. The number of anilines is 4. The Kier molecular flexibility index (Phi) is 11.0. The number of amides is 2. The summed E-state index contributed by atoms with van der Waals surface area (Å²) in [6, 6.07) is 11.5. The molecule has 0 atom stereocenters. The topological polar surface area (TPSA) is 202 Å². The van der Waals surface area contributed by atoms with Crippen LogP contribution < -0.4 is 20.1 Å². The lowest BCUT2D eigenvalue weighted by Crippen LogP contribution is -2.15. The highest BCUT2D eigenvalue weighted by Crippen LogP contribution is 2.23. The lowest BCUT2D eigenvalue weighted by Gasteiger charge is -2.09. The number of aromatic nitrogens is 4. The minimum Gasteiger partial charge on any atom is -0.326 e. The fourth-order valence-electron chi connectivity index (χ4n) is 3.68. The molecular formula is C26H30N8O6S4. The van der Waals surface area contributed by atoms with Crippen LogP contribution in [-0.2, 0) is 42.5 Å². The van der Waals surface area contributed by atoms with Crippen LogP contribution >= 0.6 is 22.7 Å². The number of sulfonamides is 2. The van der Waals surface area contributed by atoms with Gasteiger partial charge in [-0.25, -0.2) is 16.8 Å². The van der Waals surface area contributed by atoms with Crippen LogP contribution in [0.5, 0.6) is 0 Å². The number of hydrogen-bond acceptors (Lipinski definition) is 12. The standard InChI is InChI=1S/C26H30N8O6S4/c1-3-23-29-31-25(41-23)33-43(37,38)19-13-9-17(10-14-19)27-21(35)7-5-6-8-22(36)28-18-11-15-20(16-12-18)44(39,40)34-26-32-30-24(4-2)42-26/h9-16H,3-8H2,1-2H3,(H,27,35)(H,28,36)(H,31,33)(H,32,34). The molecular weight excluding hydrogens is 649 g/mol. The molecule has 234 valence electrons. The molecule has 0 unspecified atom stereocenters. The summed E-state index contributed by atoms with van der Waals surface area (Å²) in [4.78, 5) is 24.7. The molecule has 0 fully saturated rings. The summed E-state index contributed by atoms with van der Waals surface area (Å²) in [5.41, 5.74) is 0.871. The minimum absolute atomic E-state index is 0.0152. The van der Waals surface area contributed by atoms with Crippen molar-refractivity contribution in [2.45, 2.75) is 62.2 Å². The van der Waals surface area contributed by atoms with Crippen LogP contribution in [0, 0.1) is 0 Å². The quantitative estimate of drug-likeness (QED) is 0.132. The van der Waals surface area contributed by atoms with E-state index in [1.54, 1.807) is 0 Å². The molecule has 0 bridgehead atoms. The SMILES string of the molecule is CCc1nnc(NS(=O)(=O)c2ccc(NC(=O)CCCCC(=O)Nc3ccc(S(=O)(=O)Nc4nnc(CC)s4)cc3)cc2)s1. The summed E-state index contributed by atoms with van der Waals surface area (Å²) in [5, 5.41) is 22.6. The van der Waals surface area contributed by atoms with Crippen LogP contribution in [0.3, 0.4) is 0 Å². The van der Waals surface area contributed by atoms with Crippen LogP contribution in [0.15, 0.2) is 58.3 Å². The van der Waals surface area contributed by atoms with Crippen molar-refractivity contribution in [2.24, 2.45) is 0 Å². The first-order valence-electron chi connectivity index (χ1n) is 13.5. The molecule has 2 aromatic carbocycles. The molecule has 0 aliphatic heterocycles. The van der Waals surface area contributed by atoms with E-state index in [2.05, 4.69) is 40.5 Å². The van der Waals surface area contributed by atoms with E-state index in [0.29, 0.717) is 47.1 Å². The monoisotopic (exact) mass is 678 g/mol. The van der Waals surface area contributed by atoms with Crippen molar-refractivity contribution in [2.75, 3.05) is 20.1 Å². The lowest BCUT2D eigenvalue weighted by atomic mass is 10.1. The summed E-state index contributed by atoms with van der Waals surface area (Å²) in [5.74, 6) is -0.546. The second kappa shape index (κ2) is 14.7. The summed E-state index contributed by atoms with van der Waals surface area (Å²) in [6.45, 7) is 3.79. The van der Waals surface area contributed by atoms with Gasteiger partial charge in [0.05, 0.1) is 9.79 Å². The Balaban J connectivity index is 1.17. The molecule has 0 saturated heterocycles. The van der Waals surface area contributed by atoms with E-state index in [1.807, 2.05) is 13.8 Å². The number of nitrogens with one attached hydrogen (secondary N) is 4. The Morgan fingerprint density at radius 1 is 0.614 bits per heavy atom. The van der Waals surface area contributed by atoms with E-state index in [0.717, 1.165) is 22.7 Å². The molecule has 0 aliphatic rings. The molecule has 2 heterocycles. The molecule has 18 heteroatoms. The van der Waals surface area contributed by atoms with E-state index in [4.69, 9.17) is 0 Å². The van der Waals surface area contributed by atoms with Crippen LogP contribution in [-0.4, -0.2) is 49.0 Å². The Labute approximate surface area is 262 Å². The highest BCUT2D eigenvalue weighted by molar-refractivity contribution is 7.93. The molecule has 0 aliphatic carbocycles. The third-order valence-electron chi connectivity index (χ3n) is 5.94. The van der Waals surface area contributed by atoms with Gasteiger partial charge in [0.1, 0.15) is 10.0 Å². The minimum atomic E-state index is -3.85. The van der Waals surface area contributed by atoms with Crippen molar-refractivity contribution in [3.63, 3.8) is 0 Å². The van der Waals surface area contributed by atoms with Gasteiger partial charge in [-0.2, -0.15) is 0 Å². The van der Waals surface area contributed by atoms with E-state index in [1.165, 1.54) is 48.5 Å². The van der Waals surface area contributed by atoms with Crippen molar-refractivity contribution in [3.8, 4) is 0 Å². The Morgan fingerprint density at radius 2 is 0.977 bits per heavy atom. The first-order valence-corrected chi connectivity index (χ1v) is 18.1. The summed E-state index contributed by atoms with van der Waals surface area (Å²) >= 11 is 2.32. The van der Waals surface area contributed by atoms with Crippen molar-refractivity contribution < 1.29 is 26.4 Å². The molecule has 4 rings (SSSR count). The second-order valence-corrected chi connectivity index (χ2v) is 14.8. The number of carbonyl (C=O) groups is 2. The molecule has 0 spiro atoms. The average Bonchev–Trinajstić information content (AvgIpc) is 3.64. The van der Waals surface area contributed by atoms with Crippen LogP contribution in [0.4, 0.5) is 21.6 Å². The van der Waals surface area contributed by atoms with Crippen molar-refractivity contribution in [1.29, 1.82) is 0 Å². The van der Waals surface area contributed by atoms with Gasteiger partial charge < -0.3 is 10.6 Å². The zero-order chi connectivity index (χ0) is 31.7. The Bertz CT molecular complexity index is 1670. The molecule has 2 aromatic heterocycles. The van der Waals surface area contributed by atoms with E-state index in [-0.39, 0.29) is 44.7 Å². The Hall–Kier alpha value is -4.00. The highest BCUT2D eigenvalue weighted by Gasteiger charge is 2.18. The van der Waals surface area contributed by atoms with Gasteiger partial charge in [-0.05, 0) is 74.2 Å². The first kappa shape index (κ1) is 32.9. The number of carbonyl (C=O) groups excluding carboxylic acids is 2. The normalized spacial score (nSPS) is 11.6. The zero-order valence-electron chi connectivity index (χ0n) is 23.7. The average molecular weight is 679 g/mol. The van der Waals surface area contributed by atoms with Crippen molar-refractivity contribution >= 4 is 76.2 Å². The fourth-order valence-corrected chi connectivity index (χ4v) is 7.50. The maximum Gasteiger partial charge on any atom is 0.263 e. The number of unbranched alkanes of at least 4 members (excludes halogenated alkanes) is 1. The molecule has 4 N–H and O–H groups in total.